The molecule has 308 valence electrons. The molecule has 3 aliphatic heterocycles. The van der Waals surface area contributed by atoms with Gasteiger partial charge in [-0.1, -0.05) is 58.0 Å². The van der Waals surface area contributed by atoms with E-state index in [1.165, 1.54) is 0 Å². The minimum absolute atomic E-state index is 0.0127. The number of hydrogen-bond donors (Lipinski definition) is 0. The average molecular weight is 842 g/mol. The van der Waals surface area contributed by atoms with Crippen LogP contribution in [0, 0.1) is 0 Å². The lowest BCUT2D eigenvalue weighted by Crippen LogP contribution is -2.39. The smallest absolute Gasteiger partial charge is 0.266 e. The number of amides is 1. The third-order valence-corrected chi connectivity index (χ3v) is 14.1. The highest BCUT2D eigenvalue weighted by molar-refractivity contribution is 8.77. The third-order valence-electron chi connectivity index (χ3n) is 11.5. The Morgan fingerprint density at radius 1 is 0.867 bits per heavy atom. The minimum atomic E-state index is -0.374. The maximum atomic E-state index is 14.0. The second-order valence-electron chi connectivity index (χ2n) is 16.1. The van der Waals surface area contributed by atoms with Gasteiger partial charge < -0.3 is 23.8 Å². The molecule has 1 aromatic heterocycles. The number of carbonyl (C=O) groups is 1. The molecule has 4 aliphatic rings. The number of nitrogens with zero attached hydrogens (tertiary/aromatic N) is 5. The highest BCUT2D eigenvalue weighted by atomic mass is 33.1. The van der Waals surface area contributed by atoms with Gasteiger partial charge in [-0.05, 0) is 84.8 Å². The molecule has 4 heterocycles. The first-order valence-corrected chi connectivity index (χ1v) is 22.6. The summed E-state index contributed by atoms with van der Waals surface area (Å²) >= 11 is 0. The van der Waals surface area contributed by atoms with Crippen molar-refractivity contribution < 1.29 is 23.7 Å². The molecule has 0 N–H and O–H groups in total. The summed E-state index contributed by atoms with van der Waals surface area (Å²) in [5.41, 5.74) is 7.94. The molecular weight excluding hydrogens is 795 g/mol. The monoisotopic (exact) mass is 841 g/mol. The fraction of sp³-hybridized carbons (Fsp3) is 0.319. The van der Waals surface area contributed by atoms with Gasteiger partial charge >= 0.3 is 0 Å². The van der Waals surface area contributed by atoms with Crippen molar-refractivity contribution in [3.8, 4) is 17.2 Å². The van der Waals surface area contributed by atoms with Gasteiger partial charge in [0.15, 0.2) is 17.3 Å². The number of methoxy groups -OCH3 is 2. The summed E-state index contributed by atoms with van der Waals surface area (Å²) < 4.78 is 26.4. The summed E-state index contributed by atoms with van der Waals surface area (Å²) in [5.74, 6) is 2.76. The van der Waals surface area contributed by atoms with Crippen LogP contribution in [0.5, 0.6) is 11.5 Å². The molecule has 1 amide bonds. The molecule has 0 fully saturated rings. The zero-order valence-corrected chi connectivity index (χ0v) is 36.2. The lowest BCUT2D eigenvalue weighted by molar-refractivity contribution is -0.115. The summed E-state index contributed by atoms with van der Waals surface area (Å²) in [6.07, 6.45) is 7.56. The summed E-state index contributed by atoms with van der Waals surface area (Å²) in [6, 6.07) is 25.3. The first-order valence-electron chi connectivity index (χ1n) is 20.0. The van der Waals surface area contributed by atoms with E-state index >= 15 is 0 Å². The van der Waals surface area contributed by atoms with Crippen LogP contribution in [0.25, 0.3) is 16.6 Å². The molecule has 0 bridgehead atoms. The molecule has 0 saturated carbocycles. The van der Waals surface area contributed by atoms with Crippen LogP contribution in [-0.2, 0) is 40.3 Å². The quantitative estimate of drug-likeness (QED) is 0.106. The molecule has 5 aromatic rings. The second-order valence-corrected chi connectivity index (χ2v) is 19.2. The molecule has 0 radical (unpaired) electrons. The minimum Gasteiger partial charge on any atom is -0.493 e. The van der Waals surface area contributed by atoms with Crippen molar-refractivity contribution in [3.63, 3.8) is 0 Å². The largest absolute Gasteiger partial charge is 0.493 e. The van der Waals surface area contributed by atoms with Crippen LogP contribution in [0.2, 0.25) is 0 Å². The molecule has 13 heteroatoms. The molecular formula is C47H47N5O6S2. The van der Waals surface area contributed by atoms with Crippen molar-refractivity contribution >= 4 is 56.0 Å². The summed E-state index contributed by atoms with van der Waals surface area (Å²) in [4.78, 5) is 41.8. The molecule has 0 spiro atoms. The van der Waals surface area contributed by atoms with Crippen LogP contribution in [0.3, 0.4) is 0 Å². The van der Waals surface area contributed by atoms with Gasteiger partial charge in [-0.3, -0.25) is 24.0 Å². The van der Waals surface area contributed by atoms with Gasteiger partial charge in [-0.2, -0.15) is 0 Å². The van der Waals surface area contributed by atoms with Gasteiger partial charge in [0.1, 0.15) is 24.8 Å². The molecule has 1 aliphatic carbocycles. The van der Waals surface area contributed by atoms with Crippen molar-refractivity contribution in [2.24, 2.45) is 4.99 Å². The maximum Gasteiger partial charge on any atom is 0.266 e. The Hall–Kier alpha value is -5.66. The first kappa shape index (κ1) is 39.8. The molecule has 9 rings (SSSR count). The van der Waals surface area contributed by atoms with Crippen molar-refractivity contribution in [2.45, 2.75) is 63.2 Å². The Morgan fingerprint density at radius 2 is 1.60 bits per heavy atom. The zero-order valence-electron chi connectivity index (χ0n) is 34.6. The topological polar surface area (TPSA) is 108 Å². The SMILES string of the molecule is COC1=C(OCc2cc(COc3cc4nc5n(c(=O)c4cc3OC)-c3ccccc3C5)cc(N(C)CC(C)(C)SSC)c2)CC2N=C[C@@H]3Cc4ccccc4N3C(=O)C2=C1. The molecule has 0 saturated heterocycles. The lowest BCUT2D eigenvalue weighted by Gasteiger charge is -2.31. The van der Waals surface area contributed by atoms with Crippen LogP contribution in [0.4, 0.5) is 11.4 Å². The van der Waals surface area contributed by atoms with E-state index in [4.69, 9.17) is 28.9 Å². The number of anilines is 2. The van der Waals surface area contributed by atoms with Crippen LogP contribution in [-0.4, -0.2) is 72.6 Å². The Labute approximate surface area is 357 Å². The number of hydrogen-bond acceptors (Lipinski definition) is 11. The van der Waals surface area contributed by atoms with Gasteiger partial charge in [0, 0.05) is 66.8 Å². The summed E-state index contributed by atoms with van der Waals surface area (Å²) in [7, 11) is 8.89. The van der Waals surface area contributed by atoms with E-state index in [1.54, 1.807) is 47.8 Å². The zero-order chi connectivity index (χ0) is 41.7. The number of benzene rings is 4. The van der Waals surface area contributed by atoms with Crippen LogP contribution in [0.15, 0.2) is 112 Å². The number of aromatic nitrogens is 2. The van der Waals surface area contributed by atoms with E-state index in [2.05, 4.69) is 56.3 Å². The Balaban J connectivity index is 0.993. The molecule has 60 heavy (non-hydrogen) atoms. The summed E-state index contributed by atoms with van der Waals surface area (Å²) in [5, 5.41) is 0.465. The van der Waals surface area contributed by atoms with E-state index in [1.807, 2.05) is 64.4 Å². The van der Waals surface area contributed by atoms with Crippen LogP contribution >= 0.6 is 21.6 Å². The van der Waals surface area contributed by atoms with Crippen LogP contribution < -0.4 is 24.8 Å². The number of carbonyl (C=O) groups excluding carboxylic acids is 1. The normalized spacial score (nSPS) is 17.7. The number of fused-ring (bicyclic) bond motifs is 8. The van der Waals surface area contributed by atoms with Crippen molar-refractivity contribution in [1.29, 1.82) is 0 Å². The molecule has 2 atom stereocenters. The fourth-order valence-electron chi connectivity index (χ4n) is 8.78. The molecule has 1 unspecified atom stereocenters. The second kappa shape index (κ2) is 16.1. The van der Waals surface area contributed by atoms with Crippen molar-refractivity contribution in [2.75, 3.05) is 43.9 Å². The van der Waals surface area contributed by atoms with E-state index in [0.29, 0.717) is 58.2 Å². The standard InChI is InChI=1S/C47H47N5O6S2/c1-47(2,60-59-6)27-50(3)32-16-28(25-57-42-22-36-34(20-40(42)55-4)45(53)51-33(24-48-36)18-30-11-7-9-13-38(30)51)15-29(17-32)26-58-43-23-37-35(21-41(43)56-5)46(54)52-39-14-10-8-12-31(39)19-44(52)49-37/h7-17,20-21,23-24,33,36H,18-19,22,25-27H2,1-6H3/t33-,36?/m0/s1. The van der Waals surface area contributed by atoms with E-state index in [9.17, 15) is 9.59 Å². The Kier molecular flexibility index (Phi) is 10.7. The number of aliphatic imine (C=N–C) groups is 1. The molecule has 11 nitrogen and oxygen atoms in total. The van der Waals surface area contributed by atoms with Crippen molar-refractivity contribution in [3.05, 3.63) is 140 Å². The Morgan fingerprint density at radius 3 is 2.35 bits per heavy atom. The number of rotatable bonds is 13. The predicted molar refractivity (Wildman–Crippen MR) is 241 cm³/mol. The first-order chi connectivity index (χ1) is 29.0. The van der Waals surface area contributed by atoms with Crippen LogP contribution in [0.1, 0.15) is 48.3 Å². The third kappa shape index (κ3) is 7.42. The Bertz CT molecular complexity index is 2690. The van der Waals surface area contributed by atoms with E-state index in [0.717, 1.165) is 52.3 Å². The lowest BCUT2D eigenvalue weighted by atomic mass is 9.96. The van der Waals surface area contributed by atoms with Gasteiger partial charge in [0.05, 0.1) is 42.9 Å². The average Bonchev–Trinajstić information content (AvgIpc) is 3.77. The van der Waals surface area contributed by atoms with E-state index in [-0.39, 0.29) is 41.5 Å². The van der Waals surface area contributed by atoms with Gasteiger partial charge in [-0.15, -0.1) is 0 Å². The number of para-hydroxylation sites is 2. The highest BCUT2D eigenvalue weighted by Gasteiger charge is 2.40. The predicted octanol–water partition coefficient (Wildman–Crippen LogP) is 8.22. The van der Waals surface area contributed by atoms with E-state index < -0.39 is 0 Å². The summed E-state index contributed by atoms with van der Waals surface area (Å²) in [6.45, 7) is 5.78. The number of ether oxygens (including phenoxy) is 4. The highest BCUT2D eigenvalue weighted by Crippen LogP contribution is 2.40. The number of allylic oxidation sites excluding steroid dienone is 1. The van der Waals surface area contributed by atoms with Crippen molar-refractivity contribution in [1.82, 2.24) is 9.55 Å². The maximum absolute atomic E-state index is 14.0. The molecule has 4 aromatic carbocycles. The van der Waals surface area contributed by atoms with Gasteiger partial charge in [-0.25, -0.2) is 4.98 Å². The van der Waals surface area contributed by atoms with Gasteiger partial charge in [0.2, 0.25) is 0 Å². The van der Waals surface area contributed by atoms with Gasteiger partial charge in [0.25, 0.3) is 11.5 Å². The fourth-order valence-corrected chi connectivity index (χ4v) is 11.0.